The lowest BCUT2D eigenvalue weighted by atomic mass is 10.2. The van der Waals surface area contributed by atoms with Crippen molar-refractivity contribution in [3.63, 3.8) is 0 Å². The van der Waals surface area contributed by atoms with Crippen LogP contribution in [0.4, 0.5) is 13.2 Å². The molecule has 0 saturated heterocycles. The molecule has 4 rings (SSSR count). The lowest BCUT2D eigenvalue weighted by Crippen LogP contribution is -2.05. The standard InChI is InChI=1S/C20H14F3N3/c21-20(22,23)16-6-7-18-17(12-16)25-19(15-8-10-24-11-9-15)26(18)13-14-4-2-1-3-5-14/h1-12H,13H2. The molecule has 0 aliphatic rings. The molecule has 26 heavy (non-hydrogen) atoms. The fraction of sp³-hybridized carbons (Fsp3) is 0.100. The van der Waals surface area contributed by atoms with Gasteiger partial charge in [0.05, 0.1) is 16.6 Å². The van der Waals surface area contributed by atoms with E-state index in [0.29, 0.717) is 23.4 Å². The van der Waals surface area contributed by atoms with Gasteiger partial charge in [0.15, 0.2) is 0 Å². The Morgan fingerprint density at radius 2 is 1.62 bits per heavy atom. The highest BCUT2D eigenvalue weighted by Crippen LogP contribution is 2.33. The Balaban J connectivity index is 1.91. The molecule has 130 valence electrons. The highest BCUT2D eigenvalue weighted by Gasteiger charge is 2.31. The van der Waals surface area contributed by atoms with E-state index in [9.17, 15) is 13.2 Å². The van der Waals surface area contributed by atoms with Gasteiger partial charge in [-0.2, -0.15) is 13.2 Å². The summed E-state index contributed by atoms with van der Waals surface area (Å²) in [5.41, 5.74) is 2.13. The van der Waals surface area contributed by atoms with E-state index in [1.807, 2.05) is 34.9 Å². The van der Waals surface area contributed by atoms with Crippen molar-refractivity contribution in [2.75, 3.05) is 0 Å². The Bertz CT molecular complexity index is 1040. The van der Waals surface area contributed by atoms with E-state index in [1.54, 1.807) is 24.5 Å². The summed E-state index contributed by atoms with van der Waals surface area (Å²) < 4.78 is 41.1. The summed E-state index contributed by atoms with van der Waals surface area (Å²) >= 11 is 0. The van der Waals surface area contributed by atoms with Gasteiger partial charge in [-0.25, -0.2) is 4.98 Å². The molecule has 0 amide bonds. The Kier molecular flexibility index (Phi) is 3.95. The highest BCUT2D eigenvalue weighted by molar-refractivity contribution is 5.81. The lowest BCUT2D eigenvalue weighted by molar-refractivity contribution is -0.137. The average Bonchev–Trinajstić information content (AvgIpc) is 3.00. The van der Waals surface area contributed by atoms with E-state index in [1.165, 1.54) is 6.07 Å². The Morgan fingerprint density at radius 3 is 2.31 bits per heavy atom. The molecule has 2 aromatic carbocycles. The zero-order valence-corrected chi connectivity index (χ0v) is 13.6. The second-order valence-electron chi connectivity index (χ2n) is 5.94. The highest BCUT2D eigenvalue weighted by atomic mass is 19.4. The summed E-state index contributed by atoms with van der Waals surface area (Å²) in [6.07, 6.45) is -1.11. The van der Waals surface area contributed by atoms with Crippen LogP contribution in [0.3, 0.4) is 0 Å². The molecule has 0 aliphatic heterocycles. The van der Waals surface area contributed by atoms with E-state index >= 15 is 0 Å². The number of fused-ring (bicyclic) bond motifs is 1. The first-order valence-corrected chi connectivity index (χ1v) is 8.04. The maximum atomic E-state index is 13.1. The molecule has 0 aliphatic carbocycles. The van der Waals surface area contributed by atoms with E-state index < -0.39 is 11.7 Å². The van der Waals surface area contributed by atoms with Gasteiger partial charge in [-0.1, -0.05) is 30.3 Å². The predicted octanol–water partition coefficient (Wildman–Crippen LogP) is 5.17. The third-order valence-electron chi connectivity index (χ3n) is 4.20. The molecular weight excluding hydrogens is 339 g/mol. The van der Waals surface area contributed by atoms with Crippen LogP contribution in [0.2, 0.25) is 0 Å². The monoisotopic (exact) mass is 353 g/mol. The van der Waals surface area contributed by atoms with E-state index in [-0.39, 0.29) is 0 Å². The number of hydrogen-bond acceptors (Lipinski definition) is 2. The second-order valence-corrected chi connectivity index (χ2v) is 5.94. The van der Waals surface area contributed by atoms with Crippen LogP contribution in [0.25, 0.3) is 22.4 Å². The van der Waals surface area contributed by atoms with Crippen LogP contribution in [-0.2, 0) is 12.7 Å². The van der Waals surface area contributed by atoms with Crippen LogP contribution >= 0.6 is 0 Å². The summed E-state index contributed by atoms with van der Waals surface area (Å²) in [6, 6.07) is 17.0. The van der Waals surface area contributed by atoms with Crippen molar-refractivity contribution < 1.29 is 13.2 Å². The SMILES string of the molecule is FC(F)(F)c1ccc2c(c1)nc(-c1ccncc1)n2Cc1ccccc1. The normalized spacial score (nSPS) is 11.8. The van der Waals surface area contributed by atoms with Gasteiger partial charge in [0.1, 0.15) is 5.82 Å². The minimum atomic E-state index is -4.39. The minimum absolute atomic E-state index is 0.322. The van der Waals surface area contributed by atoms with Gasteiger partial charge in [-0.05, 0) is 35.9 Å². The van der Waals surface area contributed by atoms with Gasteiger partial charge in [-0.15, -0.1) is 0 Å². The van der Waals surface area contributed by atoms with Crippen LogP contribution in [0.5, 0.6) is 0 Å². The fourth-order valence-electron chi connectivity index (χ4n) is 2.95. The largest absolute Gasteiger partial charge is 0.416 e. The van der Waals surface area contributed by atoms with Gasteiger partial charge >= 0.3 is 6.18 Å². The molecule has 0 bridgehead atoms. The van der Waals surface area contributed by atoms with Gasteiger partial charge < -0.3 is 4.57 Å². The van der Waals surface area contributed by atoms with Crippen LogP contribution in [-0.4, -0.2) is 14.5 Å². The van der Waals surface area contributed by atoms with Gasteiger partial charge in [-0.3, -0.25) is 4.98 Å². The maximum absolute atomic E-state index is 13.1. The zero-order chi connectivity index (χ0) is 18.1. The van der Waals surface area contributed by atoms with Crippen molar-refractivity contribution in [2.24, 2.45) is 0 Å². The molecule has 0 saturated carbocycles. The van der Waals surface area contributed by atoms with Crippen LogP contribution < -0.4 is 0 Å². The topological polar surface area (TPSA) is 30.7 Å². The molecule has 3 nitrogen and oxygen atoms in total. The van der Waals surface area contributed by atoms with E-state index in [0.717, 1.165) is 23.3 Å². The number of aromatic nitrogens is 3. The number of pyridine rings is 1. The molecule has 0 radical (unpaired) electrons. The quantitative estimate of drug-likeness (QED) is 0.509. The Labute approximate surface area is 147 Å². The number of nitrogens with zero attached hydrogens (tertiary/aromatic N) is 3. The third kappa shape index (κ3) is 3.06. The number of imidazole rings is 1. The summed E-state index contributed by atoms with van der Waals surface area (Å²) in [7, 11) is 0. The Hall–Kier alpha value is -3.15. The van der Waals surface area contributed by atoms with Gasteiger partial charge in [0.25, 0.3) is 0 Å². The molecule has 6 heteroatoms. The smallest absolute Gasteiger partial charge is 0.319 e. The second kappa shape index (κ2) is 6.29. The number of rotatable bonds is 3. The van der Waals surface area contributed by atoms with Crippen LogP contribution in [0.1, 0.15) is 11.1 Å². The van der Waals surface area contributed by atoms with Crippen molar-refractivity contribution in [1.82, 2.24) is 14.5 Å². The molecule has 0 fully saturated rings. The Morgan fingerprint density at radius 1 is 0.885 bits per heavy atom. The van der Waals surface area contributed by atoms with Crippen molar-refractivity contribution in [3.8, 4) is 11.4 Å². The van der Waals surface area contributed by atoms with E-state index in [2.05, 4.69) is 9.97 Å². The van der Waals surface area contributed by atoms with Crippen molar-refractivity contribution >= 4 is 11.0 Å². The molecule has 0 spiro atoms. The van der Waals surface area contributed by atoms with Gasteiger partial charge in [0, 0.05) is 24.5 Å². The maximum Gasteiger partial charge on any atom is 0.416 e. The van der Waals surface area contributed by atoms with Crippen molar-refractivity contribution in [1.29, 1.82) is 0 Å². The first-order valence-electron chi connectivity index (χ1n) is 8.04. The van der Waals surface area contributed by atoms with E-state index in [4.69, 9.17) is 0 Å². The van der Waals surface area contributed by atoms with Crippen molar-refractivity contribution in [2.45, 2.75) is 12.7 Å². The number of hydrogen-bond donors (Lipinski definition) is 0. The van der Waals surface area contributed by atoms with Crippen molar-refractivity contribution in [3.05, 3.63) is 84.2 Å². The summed E-state index contributed by atoms with van der Waals surface area (Å²) in [6.45, 7) is 0.514. The predicted molar refractivity (Wildman–Crippen MR) is 93.5 cm³/mol. The lowest BCUT2D eigenvalue weighted by Gasteiger charge is -2.10. The first-order chi connectivity index (χ1) is 12.5. The van der Waals surface area contributed by atoms with Gasteiger partial charge in [0.2, 0.25) is 0 Å². The molecule has 0 atom stereocenters. The fourth-order valence-corrected chi connectivity index (χ4v) is 2.95. The summed E-state index contributed by atoms with van der Waals surface area (Å²) in [5, 5.41) is 0. The number of halogens is 3. The van der Waals surface area contributed by atoms with Crippen LogP contribution in [0.15, 0.2) is 73.1 Å². The number of alkyl halides is 3. The summed E-state index contributed by atoms with van der Waals surface area (Å²) in [5.74, 6) is 0.616. The average molecular weight is 353 g/mol. The third-order valence-corrected chi connectivity index (χ3v) is 4.20. The molecule has 0 N–H and O–H groups in total. The molecule has 0 unspecified atom stereocenters. The molecular formula is C20H14F3N3. The molecule has 2 aromatic heterocycles. The molecule has 2 heterocycles. The number of benzene rings is 2. The van der Waals surface area contributed by atoms with Crippen LogP contribution in [0, 0.1) is 0 Å². The zero-order valence-electron chi connectivity index (χ0n) is 13.6. The minimum Gasteiger partial charge on any atom is -0.319 e. The first kappa shape index (κ1) is 16.3. The summed E-state index contributed by atoms with van der Waals surface area (Å²) in [4.78, 5) is 8.49. The molecule has 4 aromatic rings.